The molecule has 2 aromatic heterocycles. The first-order valence-corrected chi connectivity index (χ1v) is 9.70. The van der Waals surface area contributed by atoms with Gasteiger partial charge in [-0.15, -0.1) is 0 Å². The maximum Gasteiger partial charge on any atom is 0.418 e. The minimum atomic E-state index is -4.64. The van der Waals surface area contributed by atoms with Gasteiger partial charge in [-0.25, -0.2) is 14.6 Å². The molecule has 2 aromatic carbocycles. The molecule has 0 bridgehead atoms. The molecule has 1 amide bonds. The van der Waals surface area contributed by atoms with Gasteiger partial charge < -0.3 is 5.32 Å². The van der Waals surface area contributed by atoms with Crippen molar-refractivity contribution in [3.63, 3.8) is 0 Å². The smallest absolute Gasteiger partial charge is 0.318 e. The van der Waals surface area contributed by atoms with Crippen molar-refractivity contribution in [3.05, 3.63) is 100 Å². The van der Waals surface area contributed by atoms with Crippen molar-refractivity contribution in [1.82, 2.24) is 19.7 Å². The number of hydrogen-bond donors (Lipinski definition) is 1. The van der Waals surface area contributed by atoms with Gasteiger partial charge in [0, 0.05) is 17.3 Å². The number of carbonyl (C=O) groups excluding carboxylic acids is 1. The van der Waals surface area contributed by atoms with Gasteiger partial charge in [-0.05, 0) is 19.1 Å². The highest BCUT2D eigenvalue weighted by Gasteiger charge is 2.34. The molecule has 0 aliphatic carbocycles. The molecule has 1 N–H and O–H groups in total. The van der Waals surface area contributed by atoms with Gasteiger partial charge in [-0.2, -0.15) is 18.3 Å². The Bertz CT molecular complexity index is 1370. The lowest BCUT2D eigenvalue weighted by atomic mass is 10.1. The Hall–Kier alpha value is -4.34. The van der Waals surface area contributed by atoms with Crippen LogP contribution in [0.1, 0.15) is 21.7 Å². The summed E-state index contributed by atoms with van der Waals surface area (Å²) in [7, 11) is 0. The number of halogens is 3. The number of anilines is 1. The molecule has 33 heavy (non-hydrogen) atoms. The van der Waals surface area contributed by atoms with Gasteiger partial charge in [-0.3, -0.25) is 9.59 Å². The van der Waals surface area contributed by atoms with Crippen molar-refractivity contribution >= 4 is 11.6 Å². The van der Waals surface area contributed by atoms with E-state index in [0.717, 1.165) is 22.4 Å². The third-order valence-corrected chi connectivity index (χ3v) is 4.70. The molecule has 0 aliphatic rings. The van der Waals surface area contributed by atoms with E-state index in [1.807, 2.05) is 30.3 Å². The molecular weight excluding hydrogens is 435 g/mol. The maximum absolute atomic E-state index is 13.5. The lowest BCUT2D eigenvalue weighted by Crippen LogP contribution is -2.27. The number of nitrogens with zero attached hydrogens (tertiary/aromatic N) is 4. The van der Waals surface area contributed by atoms with Crippen LogP contribution in [0.15, 0.2) is 77.9 Å². The zero-order valence-corrected chi connectivity index (χ0v) is 17.2. The lowest BCUT2D eigenvalue weighted by molar-refractivity contribution is -0.137. The molecular formula is C23H16F3N5O2. The van der Waals surface area contributed by atoms with Crippen molar-refractivity contribution in [1.29, 1.82) is 0 Å². The summed E-state index contributed by atoms with van der Waals surface area (Å²) in [6.45, 7) is 1.43. The Labute approximate surface area is 185 Å². The first-order valence-electron chi connectivity index (χ1n) is 9.70. The SMILES string of the molecule is Cc1cc(=O)c(C(=O)Nc2cnc(-c3ccccc3)nc2)nn1-c1ccccc1C(F)(F)F. The highest BCUT2D eigenvalue weighted by Crippen LogP contribution is 2.33. The molecule has 4 aromatic rings. The van der Waals surface area contributed by atoms with Gasteiger partial charge >= 0.3 is 6.18 Å². The fourth-order valence-electron chi connectivity index (χ4n) is 3.17. The van der Waals surface area contributed by atoms with Crippen LogP contribution < -0.4 is 10.7 Å². The number of aromatic nitrogens is 4. The first kappa shape index (κ1) is 21.9. The number of nitrogens with one attached hydrogen (secondary N) is 1. The molecule has 0 atom stereocenters. The number of alkyl halides is 3. The van der Waals surface area contributed by atoms with Crippen molar-refractivity contribution in [2.24, 2.45) is 0 Å². The normalized spacial score (nSPS) is 11.3. The summed E-state index contributed by atoms with van der Waals surface area (Å²) in [5, 5.41) is 6.39. The third-order valence-electron chi connectivity index (χ3n) is 4.70. The minimum absolute atomic E-state index is 0.142. The Kier molecular flexibility index (Phi) is 5.74. The number of carbonyl (C=O) groups is 1. The summed E-state index contributed by atoms with van der Waals surface area (Å²) >= 11 is 0. The first-order chi connectivity index (χ1) is 15.7. The largest absolute Gasteiger partial charge is 0.418 e. The van der Waals surface area contributed by atoms with E-state index in [1.54, 1.807) is 0 Å². The summed E-state index contributed by atoms with van der Waals surface area (Å²) in [6.07, 6.45) is -1.92. The second kappa shape index (κ2) is 8.65. The summed E-state index contributed by atoms with van der Waals surface area (Å²) < 4.78 is 41.3. The Morgan fingerprint density at radius 2 is 1.61 bits per heavy atom. The van der Waals surface area contributed by atoms with Crippen LogP contribution in [0.4, 0.5) is 18.9 Å². The molecule has 0 spiro atoms. The molecule has 0 radical (unpaired) electrons. The van der Waals surface area contributed by atoms with Crippen molar-refractivity contribution in [2.45, 2.75) is 13.1 Å². The number of aryl methyl sites for hydroxylation is 1. The monoisotopic (exact) mass is 451 g/mol. The maximum atomic E-state index is 13.5. The molecule has 166 valence electrons. The molecule has 10 heteroatoms. The fraction of sp³-hybridized carbons (Fsp3) is 0.0870. The fourth-order valence-corrected chi connectivity index (χ4v) is 3.17. The molecule has 0 saturated carbocycles. The van der Waals surface area contributed by atoms with E-state index >= 15 is 0 Å². The van der Waals surface area contributed by atoms with E-state index in [1.165, 1.54) is 37.5 Å². The summed E-state index contributed by atoms with van der Waals surface area (Å²) in [5.41, 5.74) is -1.42. The number of amides is 1. The topological polar surface area (TPSA) is 89.8 Å². The zero-order chi connectivity index (χ0) is 23.6. The van der Waals surface area contributed by atoms with Gasteiger partial charge in [0.25, 0.3) is 5.91 Å². The van der Waals surface area contributed by atoms with E-state index in [4.69, 9.17) is 0 Å². The van der Waals surface area contributed by atoms with Gasteiger partial charge in [0.15, 0.2) is 11.5 Å². The number of hydrogen-bond acceptors (Lipinski definition) is 5. The van der Waals surface area contributed by atoms with Gasteiger partial charge in [0.2, 0.25) is 5.43 Å². The second-order valence-corrected chi connectivity index (χ2v) is 7.04. The van der Waals surface area contributed by atoms with Crippen LogP contribution in [0.25, 0.3) is 17.1 Å². The van der Waals surface area contributed by atoms with E-state index in [0.29, 0.717) is 5.82 Å². The summed E-state index contributed by atoms with van der Waals surface area (Å²) in [4.78, 5) is 33.5. The predicted octanol–water partition coefficient (Wildman–Crippen LogP) is 4.27. The molecule has 0 saturated heterocycles. The zero-order valence-electron chi connectivity index (χ0n) is 17.2. The van der Waals surface area contributed by atoms with Crippen molar-refractivity contribution in [2.75, 3.05) is 5.32 Å². The van der Waals surface area contributed by atoms with Gasteiger partial charge in [0.05, 0.1) is 29.3 Å². The minimum Gasteiger partial charge on any atom is -0.318 e. The molecule has 0 fully saturated rings. The number of rotatable bonds is 4. The van der Waals surface area contributed by atoms with Crippen LogP contribution in [0.2, 0.25) is 0 Å². The van der Waals surface area contributed by atoms with Crippen LogP contribution in [0.5, 0.6) is 0 Å². The van der Waals surface area contributed by atoms with Crippen LogP contribution in [-0.4, -0.2) is 25.7 Å². The quantitative estimate of drug-likeness (QED) is 0.501. The van der Waals surface area contributed by atoms with E-state index in [2.05, 4.69) is 20.4 Å². The lowest BCUT2D eigenvalue weighted by Gasteiger charge is -2.16. The third kappa shape index (κ3) is 4.64. The summed E-state index contributed by atoms with van der Waals surface area (Å²) in [6, 6.07) is 15.0. The van der Waals surface area contributed by atoms with Gasteiger partial charge in [-0.1, -0.05) is 42.5 Å². The van der Waals surface area contributed by atoms with Crippen molar-refractivity contribution in [3.8, 4) is 17.1 Å². The van der Waals surface area contributed by atoms with Crippen LogP contribution in [0.3, 0.4) is 0 Å². The molecule has 4 rings (SSSR count). The number of benzene rings is 2. The highest BCUT2D eigenvalue weighted by atomic mass is 19.4. The van der Waals surface area contributed by atoms with Crippen LogP contribution in [-0.2, 0) is 6.18 Å². The van der Waals surface area contributed by atoms with E-state index in [-0.39, 0.29) is 17.1 Å². The molecule has 7 nitrogen and oxygen atoms in total. The second-order valence-electron chi connectivity index (χ2n) is 7.04. The average molecular weight is 451 g/mol. The molecule has 2 heterocycles. The summed E-state index contributed by atoms with van der Waals surface area (Å²) in [5.74, 6) is -0.456. The van der Waals surface area contributed by atoms with Gasteiger partial charge in [0.1, 0.15) is 0 Å². The predicted molar refractivity (Wildman–Crippen MR) is 115 cm³/mol. The Balaban J connectivity index is 1.65. The number of para-hydroxylation sites is 1. The standard InChI is InChI=1S/C23H16F3N5O2/c1-14-11-19(32)20(30-31(14)18-10-6-5-9-17(18)23(24,25)26)22(33)29-16-12-27-21(28-13-16)15-7-3-2-4-8-15/h2-13H,1H3,(H,29,33). The highest BCUT2D eigenvalue weighted by molar-refractivity contribution is 6.02. The Morgan fingerprint density at radius 3 is 2.27 bits per heavy atom. The average Bonchev–Trinajstić information content (AvgIpc) is 2.79. The van der Waals surface area contributed by atoms with Crippen LogP contribution in [0, 0.1) is 6.92 Å². The van der Waals surface area contributed by atoms with Crippen molar-refractivity contribution < 1.29 is 18.0 Å². The Morgan fingerprint density at radius 1 is 0.970 bits per heavy atom. The van der Waals surface area contributed by atoms with E-state index in [9.17, 15) is 22.8 Å². The molecule has 0 unspecified atom stereocenters. The molecule has 0 aliphatic heterocycles. The van der Waals surface area contributed by atoms with Crippen LogP contribution >= 0.6 is 0 Å². The van der Waals surface area contributed by atoms with E-state index < -0.39 is 28.8 Å².